The highest BCUT2D eigenvalue weighted by Crippen LogP contribution is 2.27. The summed E-state index contributed by atoms with van der Waals surface area (Å²) in [5, 5.41) is 3.74. The summed E-state index contributed by atoms with van der Waals surface area (Å²) in [7, 11) is 0. The lowest BCUT2D eigenvalue weighted by molar-refractivity contribution is 0.286. The first-order chi connectivity index (χ1) is 7.90. The molecule has 0 saturated heterocycles. The van der Waals surface area contributed by atoms with Crippen LogP contribution in [0.3, 0.4) is 0 Å². The van der Waals surface area contributed by atoms with Gasteiger partial charge in [0.1, 0.15) is 0 Å². The van der Waals surface area contributed by atoms with Crippen molar-refractivity contribution >= 4 is 0 Å². The molecule has 1 aliphatic rings. The Morgan fingerprint density at radius 2 is 2.00 bits per heavy atom. The van der Waals surface area contributed by atoms with Crippen LogP contribution in [0.1, 0.15) is 50.6 Å². The maximum absolute atomic E-state index is 3.74. The van der Waals surface area contributed by atoms with Crippen molar-refractivity contribution in [2.75, 3.05) is 6.54 Å². The fourth-order valence-electron chi connectivity index (χ4n) is 2.37. The number of benzene rings is 1. The molecule has 2 rings (SSSR count). The summed E-state index contributed by atoms with van der Waals surface area (Å²) < 4.78 is 0. The highest BCUT2D eigenvalue weighted by Gasteiger charge is 2.18. The second-order valence-electron chi connectivity index (χ2n) is 4.96. The summed E-state index contributed by atoms with van der Waals surface area (Å²) in [4.78, 5) is 0. The zero-order valence-electron chi connectivity index (χ0n) is 10.3. The molecule has 88 valence electrons. The molecule has 1 unspecified atom stereocenters. The van der Waals surface area contributed by atoms with Gasteiger partial charge in [-0.05, 0) is 37.3 Å². The van der Waals surface area contributed by atoms with Gasteiger partial charge in [-0.25, -0.2) is 0 Å². The first-order valence-corrected chi connectivity index (χ1v) is 6.68. The Balaban J connectivity index is 1.88. The fourth-order valence-corrected chi connectivity index (χ4v) is 2.37. The van der Waals surface area contributed by atoms with Crippen molar-refractivity contribution < 1.29 is 0 Å². The van der Waals surface area contributed by atoms with E-state index in [1.54, 1.807) is 0 Å². The number of hydrogen-bond acceptors (Lipinski definition) is 1. The largest absolute Gasteiger partial charge is 0.310 e. The van der Waals surface area contributed by atoms with Gasteiger partial charge in [-0.3, -0.25) is 0 Å². The van der Waals surface area contributed by atoms with E-state index in [1.807, 2.05) is 0 Å². The van der Waals surface area contributed by atoms with Gasteiger partial charge in [0.2, 0.25) is 0 Å². The standard InChI is InChI=1S/C15H23N/c1-2-7-15(14-10-4-3-5-11-14)16-12-13-8-6-9-13/h3-5,10-11,13,15-16H,2,6-9,12H2,1H3. The second kappa shape index (κ2) is 6.05. The predicted octanol–water partition coefficient (Wildman–Crippen LogP) is 3.92. The summed E-state index contributed by atoms with van der Waals surface area (Å²) in [6, 6.07) is 11.4. The summed E-state index contributed by atoms with van der Waals surface area (Å²) >= 11 is 0. The van der Waals surface area contributed by atoms with Crippen molar-refractivity contribution in [1.82, 2.24) is 5.32 Å². The molecule has 1 nitrogen and oxygen atoms in total. The SMILES string of the molecule is CCCC(NCC1CCC1)c1ccccc1. The quantitative estimate of drug-likeness (QED) is 0.761. The van der Waals surface area contributed by atoms with Crippen LogP contribution in [0.5, 0.6) is 0 Å². The minimum Gasteiger partial charge on any atom is -0.310 e. The van der Waals surface area contributed by atoms with Crippen LogP contribution >= 0.6 is 0 Å². The molecular weight excluding hydrogens is 194 g/mol. The van der Waals surface area contributed by atoms with Crippen LogP contribution in [0.2, 0.25) is 0 Å². The maximum Gasteiger partial charge on any atom is 0.0320 e. The Morgan fingerprint density at radius 3 is 2.56 bits per heavy atom. The van der Waals surface area contributed by atoms with Crippen molar-refractivity contribution in [3.63, 3.8) is 0 Å². The lowest BCUT2D eigenvalue weighted by Gasteiger charge is -2.28. The monoisotopic (exact) mass is 217 g/mol. The van der Waals surface area contributed by atoms with Gasteiger partial charge in [-0.15, -0.1) is 0 Å². The highest BCUT2D eigenvalue weighted by atomic mass is 14.9. The van der Waals surface area contributed by atoms with E-state index in [0.717, 1.165) is 5.92 Å². The first kappa shape index (κ1) is 11.7. The molecule has 1 N–H and O–H groups in total. The van der Waals surface area contributed by atoms with E-state index in [2.05, 4.69) is 42.6 Å². The van der Waals surface area contributed by atoms with Crippen molar-refractivity contribution in [3.8, 4) is 0 Å². The molecule has 1 atom stereocenters. The molecule has 16 heavy (non-hydrogen) atoms. The third-order valence-corrected chi connectivity index (χ3v) is 3.66. The molecule has 0 radical (unpaired) electrons. The second-order valence-corrected chi connectivity index (χ2v) is 4.96. The molecule has 0 aromatic heterocycles. The van der Waals surface area contributed by atoms with Gasteiger partial charge >= 0.3 is 0 Å². The van der Waals surface area contributed by atoms with E-state index >= 15 is 0 Å². The average molecular weight is 217 g/mol. The summed E-state index contributed by atoms with van der Waals surface area (Å²) in [6.45, 7) is 3.47. The van der Waals surface area contributed by atoms with Gasteiger partial charge in [-0.1, -0.05) is 50.1 Å². The third-order valence-electron chi connectivity index (χ3n) is 3.66. The average Bonchev–Trinajstić information content (AvgIpc) is 2.27. The highest BCUT2D eigenvalue weighted by molar-refractivity contribution is 5.18. The van der Waals surface area contributed by atoms with E-state index in [4.69, 9.17) is 0 Å². The Morgan fingerprint density at radius 1 is 1.25 bits per heavy atom. The minimum absolute atomic E-state index is 0.562. The molecule has 1 aliphatic carbocycles. The topological polar surface area (TPSA) is 12.0 Å². The predicted molar refractivity (Wildman–Crippen MR) is 69.4 cm³/mol. The molecule has 0 aliphatic heterocycles. The van der Waals surface area contributed by atoms with Crippen LogP contribution in [0.15, 0.2) is 30.3 Å². The molecule has 0 bridgehead atoms. The van der Waals surface area contributed by atoms with Gasteiger partial charge in [0.25, 0.3) is 0 Å². The van der Waals surface area contributed by atoms with Crippen LogP contribution in [0.25, 0.3) is 0 Å². The number of hydrogen-bond donors (Lipinski definition) is 1. The number of rotatable bonds is 6. The van der Waals surface area contributed by atoms with Crippen LogP contribution in [0.4, 0.5) is 0 Å². The smallest absolute Gasteiger partial charge is 0.0320 e. The Hall–Kier alpha value is -0.820. The van der Waals surface area contributed by atoms with E-state index in [1.165, 1.54) is 44.2 Å². The van der Waals surface area contributed by atoms with Crippen molar-refractivity contribution in [1.29, 1.82) is 0 Å². The van der Waals surface area contributed by atoms with Crippen LogP contribution in [0, 0.1) is 5.92 Å². The third kappa shape index (κ3) is 3.08. The normalized spacial score (nSPS) is 18.1. The number of nitrogens with one attached hydrogen (secondary N) is 1. The molecule has 1 fully saturated rings. The van der Waals surface area contributed by atoms with Crippen molar-refractivity contribution in [2.24, 2.45) is 5.92 Å². The summed E-state index contributed by atoms with van der Waals surface area (Å²) in [6.07, 6.45) is 6.80. The molecule has 1 heteroatoms. The van der Waals surface area contributed by atoms with Crippen LogP contribution < -0.4 is 5.32 Å². The molecule has 1 aromatic rings. The maximum atomic E-state index is 3.74. The molecule has 0 heterocycles. The first-order valence-electron chi connectivity index (χ1n) is 6.68. The van der Waals surface area contributed by atoms with Gasteiger partial charge < -0.3 is 5.32 Å². The van der Waals surface area contributed by atoms with E-state index in [-0.39, 0.29) is 0 Å². The molecule has 1 saturated carbocycles. The van der Waals surface area contributed by atoms with Gasteiger partial charge in [0, 0.05) is 6.04 Å². The molecular formula is C15H23N. The van der Waals surface area contributed by atoms with Crippen molar-refractivity contribution in [3.05, 3.63) is 35.9 Å². The fraction of sp³-hybridized carbons (Fsp3) is 0.600. The summed E-state index contributed by atoms with van der Waals surface area (Å²) in [5.74, 6) is 0.947. The lowest BCUT2D eigenvalue weighted by atomic mass is 9.85. The zero-order valence-corrected chi connectivity index (χ0v) is 10.3. The van der Waals surface area contributed by atoms with E-state index < -0.39 is 0 Å². The molecule has 1 aromatic carbocycles. The van der Waals surface area contributed by atoms with E-state index in [9.17, 15) is 0 Å². The minimum atomic E-state index is 0.562. The summed E-state index contributed by atoms with van der Waals surface area (Å²) in [5.41, 5.74) is 1.45. The lowest BCUT2D eigenvalue weighted by Crippen LogP contribution is -2.30. The van der Waals surface area contributed by atoms with E-state index in [0.29, 0.717) is 6.04 Å². The Bertz CT molecular complexity index is 290. The van der Waals surface area contributed by atoms with Crippen molar-refractivity contribution in [2.45, 2.75) is 45.1 Å². The molecule has 0 amide bonds. The van der Waals surface area contributed by atoms with Gasteiger partial charge in [0.05, 0.1) is 0 Å². The van der Waals surface area contributed by atoms with Crippen LogP contribution in [-0.2, 0) is 0 Å². The van der Waals surface area contributed by atoms with Crippen LogP contribution in [-0.4, -0.2) is 6.54 Å². The Labute approximate surface area is 99.3 Å². The Kier molecular flexibility index (Phi) is 4.41. The van der Waals surface area contributed by atoms with Gasteiger partial charge in [0.15, 0.2) is 0 Å². The van der Waals surface area contributed by atoms with Gasteiger partial charge in [-0.2, -0.15) is 0 Å². The zero-order chi connectivity index (χ0) is 11.2. The molecule has 0 spiro atoms.